The Morgan fingerprint density at radius 3 is 2.71 bits per heavy atom. The lowest BCUT2D eigenvalue weighted by Gasteiger charge is -2.24. The SMILES string of the molecule is CN(CC1CCCC1)c1cc(Br)c(F)cc1N. The van der Waals surface area contributed by atoms with Crippen LogP contribution in [0.5, 0.6) is 0 Å². The van der Waals surface area contributed by atoms with Crippen molar-refractivity contribution in [2.75, 3.05) is 24.2 Å². The summed E-state index contributed by atoms with van der Waals surface area (Å²) < 4.78 is 13.8. The van der Waals surface area contributed by atoms with Crippen LogP contribution in [0.4, 0.5) is 15.8 Å². The maximum absolute atomic E-state index is 13.3. The number of nitrogen functional groups attached to an aromatic ring is 1. The third kappa shape index (κ3) is 2.92. The molecule has 2 nitrogen and oxygen atoms in total. The fourth-order valence-corrected chi connectivity index (χ4v) is 2.89. The fraction of sp³-hybridized carbons (Fsp3) is 0.538. The molecule has 0 spiro atoms. The minimum Gasteiger partial charge on any atom is -0.397 e. The normalized spacial score (nSPS) is 16.4. The molecular weight excluding hydrogens is 283 g/mol. The molecule has 0 aromatic heterocycles. The number of nitrogens with zero attached hydrogens (tertiary/aromatic N) is 1. The minimum atomic E-state index is -0.305. The standard InChI is InChI=1S/C13H18BrFN2/c1-17(8-9-4-2-3-5-9)13-6-10(14)11(15)7-12(13)16/h6-7,9H,2-5,8,16H2,1H3. The average Bonchev–Trinajstić information content (AvgIpc) is 2.76. The molecule has 1 aliphatic rings. The Bertz CT molecular complexity index is 403. The van der Waals surface area contributed by atoms with E-state index in [0.29, 0.717) is 10.2 Å². The summed E-state index contributed by atoms with van der Waals surface area (Å²) in [7, 11) is 2.02. The second-order valence-electron chi connectivity index (χ2n) is 4.86. The molecule has 0 saturated heterocycles. The summed E-state index contributed by atoms with van der Waals surface area (Å²) in [5, 5.41) is 0. The van der Waals surface area contributed by atoms with Crippen LogP contribution in [0.2, 0.25) is 0 Å². The zero-order valence-corrected chi connectivity index (χ0v) is 11.6. The molecule has 1 saturated carbocycles. The van der Waals surface area contributed by atoms with Crippen molar-refractivity contribution in [3.05, 3.63) is 22.4 Å². The lowest BCUT2D eigenvalue weighted by Crippen LogP contribution is -2.24. The molecule has 4 heteroatoms. The van der Waals surface area contributed by atoms with Crippen molar-refractivity contribution in [2.45, 2.75) is 25.7 Å². The van der Waals surface area contributed by atoms with E-state index in [2.05, 4.69) is 20.8 Å². The molecule has 0 atom stereocenters. The summed E-state index contributed by atoms with van der Waals surface area (Å²) in [6.07, 6.45) is 5.27. The van der Waals surface area contributed by atoms with Gasteiger partial charge in [-0.3, -0.25) is 0 Å². The van der Waals surface area contributed by atoms with E-state index >= 15 is 0 Å². The molecule has 1 aliphatic carbocycles. The monoisotopic (exact) mass is 300 g/mol. The maximum atomic E-state index is 13.3. The van der Waals surface area contributed by atoms with Gasteiger partial charge in [0.25, 0.3) is 0 Å². The van der Waals surface area contributed by atoms with Gasteiger partial charge < -0.3 is 10.6 Å². The highest BCUT2D eigenvalue weighted by Crippen LogP contribution is 2.32. The second-order valence-corrected chi connectivity index (χ2v) is 5.71. The molecule has 1 fully saturated rings. The molecule has 2 N–H and O–H groups in total. The van der Waals surface area contributed by atoms with E-state index in [1.165, 1.54) is 31.7 Å². The van der Waals surface area contributed by atoms with Gasteiger partial charge in [-0.05, 0) is 40.8 Å². The van der Waals surface area contributed by atoms with Gasteiger partial charge in [-0.25, -0.2) is 4.39 Å². The van der Waals surface area contributed by atoms with Crippen molar-refractivity contribution in [1.29, 1.82) is 0 Å². The largest absolute Gasteiger partial charge is 0.397 e. The third-order valence-electron chi connectivity index (χ3n) is 3.49. The average molecular weight is 301 g/mol. The van der Waals surface area contributed by atoms with E-state index in [1.54, 1.807) is 6.07 Å². The van der Waals surface area contributed by atoms with Crippen LogP contribution in [0.1, 0.15) is 25.7 Å². The molecule has 1 aromatic rings. The molecule has 94 valence electrons. The summed E-state index contributed by atoms with van der Waals surface area (Å²) in [5.41, 5.74) is 7.28. The van der Waals surface area contributed by atoms with Crippen molar-refractivity contribution in [1.82, 2.24) is 0 Å². The maximum Gasteiger partial charge on any atom is 0.139 e. The van der Waals surface area contributed by atoms with E-state index in [-0.39, 0.29) is 5.82 Å². The van der Waals surface area contributed by atoms with Crippen molar-refractivity contribution < 1.29 is 4.39 Å². The van der Waals surface area contributed by atoms with Gasteiger partial charge in [0.2, 0.25) is 0 Å². The summed E-state index contributed by atoms with van der Waals surface area (Å²) in [6.45, 7) is 1.00. The lowest BCUT2D eigenvalue weighted by molar-refractivity contribution is 0.547. The molecule has 0 heterocycles. The van der Waals surface area contributed by atoms with Crippen LogP contribution in [0, 0.1) is 11.7 Å². The van der Waals surface area contributed by atoms with Gasteiger partial charge in [0, 0.05) is 19.7 Å². The van der Waals surface area contributed by atoms with Gasteiger partial charge in [0.15, 0.2) is 0 Å². The molecule has 0 aliphatic heterocycles. The number of hydrogen-bond acceptors (Lipinski definition) is 2. The lowest BCUT2D eigenvalue weighted by atomic mass is 10.1. The van der Waals surface area contributed by atoms with Crippen molar-refractivity contribution in [3.63, 3.8) is 0 Å². The number of nitrogens with two attached hydrogens (primary N) is 1. The predicted molar refractivity (Wildman–Crippen MR) is 73.7 cm³/mol. The van der Waals surface area contributed by atoms with Crippen LogP contribution in [-0.4, -0.2) is 13.6 Å². The Morgan fingerprint density at radius 2 is 2.06 bits per heavy atom. The summed E-state index contributed by atoms with van der Waals surface area (Å²) in [6, 6.07) is 3.14. The predicted octanol–water partition coefficient (Wildman–Crippen LogP) is 3.80. The highest BCUT2D eigenvalue weighted by atomic mass is 79.9. The quantitative estimate of drug-likeness (QED) is 0.861. The Morgan fingerprint density at radius 1 is 1.41 bits per heavy atom. The molecule has 1 aromatic carbocycles. The minimum absolute atomic E-state index is 0.305. The van der Waals surface area contributed by atoms with Gasteiger partial charge >= 0.3 is 0 Å². The molecule has 0 amide bonds. The third-order valence-corrected chi connectivity index (χ3v) is 4.10. The number of rotatable bonds is 3. The Hall–Kier alpha value is -0.770. The molecule has 0 bridgehead atoms. The summed E-state index contributed by atoms with van der Waals surface area (Å²) in [5.74, 6) is 0.448. The highest BCUT2D eigenvalue weighted by Gasteiger charge is 2.18. The van der Waals surface area contributed by atoms with E-state index < -0.39 is 0 Å². The Kier molecular flexibility index (Phi) is 3.92. The van der Waals surface area contributed by atoms with Crippen molar-refractivity contribution in [2.24, 2.45) is 5.92 Å². The smallest absolute Gasteiger partial charge is 0.139 e. The van der Waals surface area contributed by atoms with Crippen LogP contribution in [0.25, 0.3) is 0 Å². The molecule has 2 rings (SSSR count). The first kappa shape index (κ1) is 12.7. The van der Waals surface area contributed by atoms with E-state index in [0.717, 1.165) is 18.2 Å². The second kappa shape index (κ2) is 5.25. The Balaban J connectivity index is 2.12. The first-order valence-corrected chi connectivity index (χ1v) is 6.83. The van der Waals surface area contributed by atoms with Gasteiger partial charge in [-0.15, -0.1) is 0 Å². The first-order valence-electron chi connectivity index (χ1n) is 6.03. The van der Waals surface area contributed by atoms with Crippen LogP contribution in [-0.2, 0) is 0 Å². The number of benzene rings is 1. The van der Waals surface area contributed by atoms with Crippen LogP contribution in [0.15, 0.2) is 16.6 Å². The first-order chi connectivity index (χ1) is 8.08. The van der Waals surface area contributed by atoms with Gasteiger partial charge in [-0.2, -0.15) is 0 Å². The van der Waals surface area contributed by atoms with Crippen LogP contribution >= 0.6 is 15.9 Å². The van der Waals surface area contributed by atoms with Gasteiger partial charge in [-0.1, -0.05) is 12.8 Å². The zero-order valence-electron chi connectivity index (χ0n) is 10.0. The number of hydrogen-bond donors (Lipinski definition) is 1. The zero-order chi connectivity index (χ0) is 12.4. The molecule has 0 unspecified atom stereocenters. The van der Waals surface area contributed by atoms with Gasteiger partial charge in [0.1, 0.15) is 5.82 Å². The van der Waals surface area contributed by atoms with Crippen LogP contribution < -0.4 is 10.6 Å². The van der Waals surface area contributed by atoms with E-state index in [4.69, 9.17) is 5.73 Å². The highest BCUT2D eigenvalue weighted by molar-refractivity contribution is 9.10. The number of halogens is 2. The number of anilines is 2. The molecule has 0 radical (unpaired) electrons. The summed E-state index contributed by atoms with van der Waals surface area (Å²) in [4.78, 5) is 2.13. The molecule has 17 heavy (non-hydrogen) atoms. The van der Waals surface area contributed by atoms with Gasteiger partial charge in [0.05, 0.1) is 15.8 Å². The van der Waals surface area contributed by atoms with E-state index in [1.807, 2.05) is 7.05 Å². The van der Waals surface area contributed by atoms with Crippen LogP contribution in [0.3, 0.4) is 0 Å². The van der Waals surface area contributed by atoms with Crippen molar-refractivity contribution >= 4 is 27.3 Å². The summed E-state index contributed by atoms with van der Waals surface area (Å²) >= 11 is 3.20. The Labute approximate surface area is 110 Å². The fourth-order valence-electron chi connectivity index (χ4n) is 2.56. The topological polar surface area (TPSA) is 29.3 Å². The van der Waals surface area contributed by atoms with Crippen molar-refractivity contribution in [3.8, 4) is 0 Å². The van der Waals surface area contributed by atoms with E-state index in [9.17, 15) is 4.39 Å². The molecular formula is C13H18BrFN2.